The van der Waals surface area contributed by atoms with E-state index in [0.717, 1.165) is 0 Å². The molecule has 2 atom stereocenters. The molecule has 0 amide bonds. The molecule has 1 aromatic carbocycles. The third-order valence-electron chi connectivity index (χ3n) is 5.52. The van der Waals surface area contributed by atoms with Crippen molar-refractivity contribution in [3.8, 4) is 0 Å². The molecule has 0 saturated carbocycles. The maximum atomic E-state index is 3.75. The van der Waals surface area contributed by atoms with Gasteiger partial charge in [0.25, 0.3) is 0 Å². The predicted octanol–water partition coefficient (Wildman–Crippen LogP) is -0.312. The van der Waals surface area contributed by atoms with E-state index in [1.807, 2.05) is 0 Å². The topological polar surface area (TPSA) is 0 Å². The fourth-order valence-electron chi connectivity index (χ4n) is 4.14. The summed E-state index contributed by atoms with van der Waals surface area (Å²) < 4.78 is 0. The van der Waals surface area contributed by atoms with Crippen molar-refractivity contribution in [3.05, 3.63) is 63.8 Å². The number of benzene rings is 1. The molecular weight excluding hydrogens is 402 g/mol. The fourth-order valence-corrected chi connectivity index (χ4v) is 4.14. The van der Waals surface area contributed by atoms with Gasteiger partial charge in [0.15, 0.2) is 0 Å². The van der Waals surface area contributed by atoms with Crippen molar-refractivity contribution in [3.63, 3.8) is 0 Å². The Labute approximate surface area is 172 Å². The van der Waals surface area contributed by atoms with Crippen LogP contribution < -0.4 is 24.8 Å². The van der Waals surface area contributed by atoms with E-state index in [1.165, 1.54) is 39.0 Å². The van der Waals surface area contributed by atoms with Crippen LogP contribution in [0.5, 0.6) is 0 Å². The minimum Gasteiger partial charge on any atom is -1.00 e. The smallest absolute Gasteiger partial charge is 1.00 e. The van der Waals surface area contributed by atoms with Crippen molar-refractivity contribution in [2.24, 2.45) is 5.41 Å². The van der Waals surface area contributed by atoms with Crippen LogP contribution in [-0.2, 0) is 26.2 Å². The molecule has 3 rings (SSSR count). The summed E-state index contributed by atoms with van der Waals surface area (Å²) in [5.74, 6) is 0.484. The second kappa shape index (κ2) is 7.86. The van der Waals surface area contributed by atoms with Gasteiger partial charge in [-0.2, -0.15) is 11.1 Å². The Balaban J connectivity index is 0.00000161. The second-order valence-electron chi connectivity index (χ2n) is 6.47. The zero-order chi connectivity index (χ0) is 14.7. The average Bonchev–Trinajstić information content (AvgIpc) is 2.79. The molecular formula is C20H23Cl2Zr. The Morgan fingerprint density at radius 2 is 1.52 bits per heavy atom. The number of rotatable bonds is 1. The van der Waals surface area contributed by atoms with Gasteiger partial charge in [0.1, 0.15) is 0 Å². The molecule has 2 aliphatic carbocycles. The molecule has 0 saturated heterocycles. The summed E-state index contributed by atoms with van der Waals surface area (Å²) in [4.78, 5) is 0. The molecule has 0 N–H and O–H groups in total. The normalized spacial score (nSPS) is 25.3. The van der Waals surface area contributed by atoms with Gasteiger partial charge in [-0.25, -0.2) is 5.57 Å². The average molecular weight is 426 g/mol. The van der Waals surface area contributed by atoms with Crippen molar-refractivity contribution in [2.75, 3.05) is 0 Å². The first-order valence-electron chi connectivity index (χ1n) is 7.48. The van der Waals surface area contributed by atoms with Crippen LogP contribution in [0.1, 0.15) is 58.6 Å². The number of halogens is 2. The number of hydrogen-bond acceptors (Lipinski definition) is 0. The zero-order valence-corrected chi connectivity index (χ0v) is 18.6. The van der Waals surface area contributed by atoms with Crippen LogP contribution in [0, 0.1) is 11.5 Å². The third kappa shape index (κ3) is 3.22. The van der Waals surface area contributed by atoms with Gasteiger partial charge in [-0.05, 0) is 23.6 Å². The molecule has 1 aromatic rings. The molecule has 0 aliphatic heterocycles. The fraction of sp³-hybridized carbons (Fsp3) is 0.400. The number of hydrogen-bond donors (Lipinski definition) is 0. The maximum Gasteiger partial charge on any atom is 3.00 e. The first kappa shape index (κ1) is 22.9. The third-order valence-corrected chi connectivity index (χ3v) is 5.52. The van der Waals surface area contributed by atoms with Gasteiger partial charge in [0.05, 0.1) is 0 Å². The quantitative estimate of drug-likeness (QED) is 0.542. The Kier molecular flexibility index (Phi) is 7.82. The van der Waals surface area contributed by atoms with E-state index >= 15 is 0 Å². The van der Waals surface area contributed by atoms with E-state index in [-0.39, 0.29) is 56.4 Å². The molecule has 0 heterocycles. The van der Waals surface area contributed by atoms with Gasteiger partial charge < -0.3 is 24.8 Å². The Bertz CT molecular complexity index is 697. The molecule has 3 heteroatoms. The molecule has 0 nitrogen and oxygen atoms in total. The minimum atomic E-state index is -0.0311. The van der Waals surface area contributed by atoms with Gasteiger partial charge in [0.2, 0.25) is 0 Å². The van der Waals surface area contributed by atoms with Crippen LogP contribution in [0.4, 0.5) is 0 Å². The molecule has 0 bridgehead atoms. The van der Waals surface area contributed by atoms with Gasteiger partial charge in [-0.15, -0.1) is 6.92 Å². The van der Waals surface area contributed by atoms with Crippen LogP contribution in [0.2, 0.25) is 0 Å². The first-order chi connectivity index (χ1) is 9.38. The molecule has 0 spiro atoms. The van der Waals surface area contributed by atoms with Crippen molar-refractivity contribution in [2.45, 2.75) is 47.5 Å². The van der Waals surface area contributed by atoms with Crippen molar-refractivity contribution in [1.29, 1.82) is 0 Å². The van der Waals surface area contributed by atoms with Crippen molar-refractivity contribution in [1.82, 2.24) is 0 Å². The molecule has 2 unspecified atom stereocenters. The molecule has 1 radical (unpaired) electrons. The Morgan fingerprint density at radius 1 is 0.957 bits per heavy atom. The van der Waals surface area contributed by atoms with Crippen LogP contribution in [-0.4, -0.2) is 0 Å². The number of fused-ring (bicyclic) bond motifs is 1. The van der Waals surface area contributed by atoms with E-state index in [2.05, 4.69) is 71.9 Å². The summed E-state index contributed by atoms with van der Waals surface area (Å²) >= 11 is 0. The van der Waals surface area contributed by atoms with Crippen molar-refractivity contribution >= 4 is 5.57 Å². The van der Waals surface area contributed by atoms with E-state index in [0.29, 0.717) is 5.92 Å². The molecule has 0 fully saturated rings. The zero-order valence-electron chi connectivity index (χ0n) is 14.6. The molecule has 23 heavy (non-hydrogen) atoms. The largest absolute Gasteiger partial charge is 3.00 e. The summed E-state index contributed by atoms with van der Waals surface area (Å²) in [5, 5.41) is 0. The van der Waals surface area contributed by atoms with E-state index in [4.69, 9.17) is 0 Å². The molecule has 2 aliphatic rings. The monoisotopic (exact) mass is 423 g/mol. The minimum absolute atomic E-state index is 0. The van der Waals surface area contributed by atoms with Crippen molar-refractivity contribution < 1.29 is 51.0 Å². The maximum absolute atomic E-state index is 3.75. The van der Waals surface area contributed by atoms with Crippen LogP contribution >= 0.6 is 0 Å². The second-order valence-corrected chi connectivity index (χ2v) is 6.47. The summed E-state index contributed by atoms with van der Waals surface area (Å²) in [6, 6.07) is 8.83. The molecule has 121 valence electrons. The SMILES string of the molecule is CC1=[C-]C(C)(C2=C(C)c3ccccc3C2C)C(C)=C1C.[Cl-].[Cl-].[Zr+3]. The van der Waals surface area contributed by atoms with Gasteiger partial charge in [-0.3, -0.25) is 6.08 Å². The van der Waals surface area contributed by atoms with Gasteiger partial charge >= 0.3 is 26.2 Å². The van der Waals surface area contributed by atoms with Crippen LogP contribution in [0.15, 0.2) is 46.6 Å². The van der Waals surface area contributed by atoms with Crippen LogP contribution in [0.25, 0.3) is 5.57 Å². The van der Waals surface area contributed by atoms with Gasteiger partial charge in [0, 0.05) is 5.92 Å². The van der Waals surface area contributed by atoms with E-state index in [9.17, 15) is 0 Å². The van der Waals surface area contributed by atoms with E-state index in [1.54, 1.807) is 0 Å². The first-order valence-corrected chi connectivity index (χ1v) is 7.48. The predicted molar refractivity (Wildman–Crippen MR) is 86.4 cm³/mol. The summed E-state index contributed by atoms with van der Waals surface area (Å²) in [6.45, 7) is 13.6. The summed E-state index contributed by atoms with van der Waals surface area (Å²) in [7, 11) is 0. The van der Waals surface area contributed by atoms with Crippen LogP contribution in [0.3, 0.4) is 0 Å². The molecule has 0 aromatic heterocycles. The summed E-state index contributed by atoms with van der Waals surface area (Å²) in [5.41, 5.74) is 10.0. The van der Waals surface area contributed by atoms with Gasteiger partial charge in [-0.1, -0.05) is 62.9 Å². The van der Waals surface area contributed by atoms with E-state index < -0.39 is 0 Å². The Morgan fingerprint density at radius 3 is 2.00 bits per heavy atom. The Hall–Kier alpha value is -0.0969. The summed E-state index contributed by atoms with van der Waals surface area (Å²) in [6.07, 6.45) is 3.75. The standard InChI is InChI=1S/C20H23.2ClH.Zr/c1-12-11-20(6,16(5)13(12)2)19-14(3)17-9-7-8-10-18(17)15(19)4;;;/h7-10,14H,1-6H3;2*1H;/q-1;;;+3/p-2. The number of allylic oxidation sites excluding steroid dienone is 6.